The lowest BCUT2D eigenvalue weighted by molar-refractivity contribution is 0.148. The van der Waals surface area contributed by atoms with Crippen molar-refractivity contribution in [1.82, 2.24) is 14.7 Å². The lowest BCUT2D eigenvalue weighted by Crippen LogP contribution is -2.27. The Morgan fingerprint density at radius 1 is 1.45 bits per heavy atom. The molecule has 0 saturated heterocycles. The number of H-pyrrole nitrogens is 1. The summed E-state index contributed by atoms with van der Waals surface area (Å²) in [5, 5.41) is 9.23. The zero-order valence-electron chi connectivity index (χ0n) is 12.6. The lowest BCUT2D eigenvalue weighted by Gasteiger charge is -2.21. The molecule has 1 aromatic rings. The molecule has 0 aromatic carbocycles. The average molecular weight is 303 g/mol. The third-order valence-electron chi connectivity index (χ3n) is 3.16. The number of aliphatic hydroxyl groups excluding tert-OH is 1. The Hall–Kier alpha value is -0.920. The van der Waals surface area contributed by atoms with Crippen LogP contribution in [0.2, 0.25) is 0 Å². The Balaban J connectivity index is 2.53. The van der Waals surface area contributed by atoms with E-state index >= 15 is 0 Å². The Kier molecular flexibility index (Phi) is 5.73. The van der Waals surface area contributed by atoms with E-state index in [1.54, 1.807) is 0 Å². The fourth-order valence-corrected chi connectivity index (χ4v) is 2.68. The second kappa shape index (κ2) is 6.69. The van der Waals surface area contributed by atoms with Crippen LogP contribution in [-0.2, 0) is 10.0 Å². The van der Waals surface area contributed by atoms with Crippen LogP contribution in [0.15, 0.2) is 11.2 Å². The number of aromatic nitrogens is 2. The number of rotatable bonds is 8. The van der Waals surface area contributed by atoms with Gasteiger partial charge >= 0.3 is 0 Å². The molecule has 116 valence electrons. The molecular formula is C13H25N3O3S. The number of sulfonamides is 1. The molecule has 0 bridgehead atoms. The summed E-state index contributed by atoms with van der Waals surface area (Å²) in [6.45, 7) is 8.23. The normalized spacial score (nSPS) is 13.1. The number of imidazole rings is 1. The minimum absolute atomic E-state index is 0.0953. The molecule has 0 aliphatic rings. The predicted molar refractivity (Wildman–Crippen MR) is 78.0 cm³/mol. The maximum absolute atomic E-state index is 12.0. The van der Waals surface area contributed by atoms with Gasteiger partial charge in [-0.3, -0.25) is 0 Å². The molecule has 6 nitrogen and oxygen atoms in total. The molecule has 0 atom stereocenters. The van der Waals surface area contributed by atoms with Crippen molar-refractivity contribution < 1.29 is 13.5 Å². The minimum Gasteiger partial charge on any atom is -0.396 e. The Labute approximate surface area is 121 Å². The second-order valence-corrected chi connectivity index (χ2v) is 7.85. The van der Waals surface area contributed by atoms with Crippen LogP contribution >= 0.6 is 0 Å². The van der Waals surface area contributed by atoms with E-state index in [-0.39, 0.29) is 23.0 Å². The summed E-state index contributed by atoms with van der Waals surface area (Å²) < 4.78 is 26.6. The summed E-state index contributed by atoms with van der Waals surface area (Å²) in [5.41, 5.74) is -0.176. The summed E-state index contributed by atoms with van der Waals surface area (Å²) in [7, 11) is -3.53. The Morgan fingerprint density at radius 3 is 2.60 bits per heavy atom. The van der Waals surface area contributed by atoms with Gasteiger partial charge < -0.3 is 10.1 Å². The fourth-order valence-electron chi connectivity index (χ4n) is 1.68. The molecule has 1 aromatic heterocycles. The fraction of sp³-hybridized carbons (Fsp3) is 0.769. The summed E-state index contributed by atoms with van der Waals surface area (Å²) >= 11 is 0. The third-order valence-corrected chi connectivity index (χ3v) is 4.53. The molecule has 7 heteroatoms. The Bertz CT molecular complexity index is 521. The highest BCUT2D eigenvalue weighted by atomic mass is 32.2. The van der Waals surface area contributed by atoms with Gasteiger partial charge in [-0.1, -0.05) is 27.7 Å². The van der Waals surface area contributed by atoms with Crippen LogP contribution in [0.4, 0.5) is 0 Å². The van der Waals surface area contributed by atoms with Crippen LogP contribution in [0, 0.1) is 5.41 Å². The highest BCUT2D eigenvalue weighted by Crippen LogP contribution is 2.20. The SMILES string of the molecule is CC(C)c1ncc(S(=O)(=O)NCCCC(C)(C)CO)[nH]1. The van der Waals surface area contributed by atoms with Gasteiger partial charge in [0.1, 0.15) is 5.82 Å². The van der Waals surface area contributed by atoms with E-state index in [1.165, 1.54) is 6.20 Å². The van der Waals surface area contributed by atoms with Gasteiger partial charge in [0.2, 0.25) is 0 Å². The van der Waals surface area contributed by atoms with Gasteiger partial charge in [0.05, 0.1) is 6.20 Å². The monoisotopic (exact) mass is 303 g/mol. The van der Waals surface area contributed by atoms with Crippen molar-refractivity contribution in [3.63, 3.8) is 0 Å². The first-order chi connectivity index (χ1) is 9.18. The molecule has 0 amide bonds. The van der Waals surface area contributed by atoms with Crippen LogP contribution in [0.1, 0.15) is 52.3 Å². The molecule has 0 aliphatic carbocycles. The van der Waals surface area contributed by atoms with Crippen molar-refractivity contribution in [2.75, 3.05) is 13.2 Å². The average Bonchev–Trinajstić information content (AvgIpc) is 2.85. The van der Waals surface area contributed by atoms with E-state index in [2.05, 4.69) is 14.7 Å². The minimum atomic E-state index is -3.53. The van der Waals surface area contributed by atoms with Gasteiger partial charge in [0.25, 0.3) is 10.0 Å². The molecule has 0 unspecified atom stereocenters. The van der Waals surface area contributed by atoms with Gasteiger partial charge in [0.15, 0.2) is 5.03 Å². The molecule has 1 rings (SSSR count). The number of aromatic amines is 1. The third kappa shape index (κ3) is 4.88. The smallest absolute Gasteiger partial charge is 0.257 e. The number of hydrogen-bond donors (Lipinski definition) is 3. The van der Waals surface area contributed by atoms with Crippen LogP contribution in [0.25, 0.3) is 0 Å². The highest BCUT2D eigenvalue weighted by molar-refractivity contribution is 7.89. The van der Waals surface area contributed by atoms with Crippen molar-refractivity contribution >= 4 is 10.0 Å². The standard InChI is InChI=1S/C13H25N3O3S/c1-10(2)12-14-8-11(16-12)20(18,19)15-7-5-6-13(3,4)9-17/h8,10,15,17H,5-7,9H2,1-4H3,(H,14,16). The van der Waals surface area contributed by atoms with Gasteiger partial charge in [-0.25, -0.2) is 18.1 Å². The van der Waals surface area contributed by atoms with Crippen molar-refractivity contribution in [2.45, 2.75) is 51.5 Å². The molecule has 20 heavy (non-hydrogen) atoms. The molecule has 0 fully saturated rings. The largest absolute Gasteiger partial charge is 0.396 e. The molecular weight excluding hydrogens is 278 g/mol. The molecule has 0 saturated carbocycles. The van der Waals surface area contributed by atoms with Crippen LogP contribution < -0.4 is 4.72 Å². The zero-order chi connectivity index (χ0) is 15.4. The van der Waals surface area contributed by atoms with Crippen molar-refractivity contribution in [3.8, 4) is 0 Å². The summed E-state index contributed by atoms with van der Waals surface area (Å²) in [6, 6.07) is 0. The van der Waals surface area contributed by atoms with Crippen LogP contribution in [0.5, 0.6) is 0 Å². The summed E-state index contributed by atoms with van der Waals surface area (Å²) in [6.07, 6.45) is 2.78. The van der Waals surface area contributed by atoms with Crippen molar-refractivity contribution in [3.05, 3.63) is 12.0 Å². The van der Waals surface area contributed by atoms with E-state index < -0.39 is 10.0 Å². The first-order valence-electron chi connectivity index (χ1n) is 6.83. The second-order valence-electron chi connectivity index (χ2n) is 6.11. The van der Waals surface area contributed by atoms with Gasteiger partial charge in [0, 0.05) is 19.1 Å². The van der Waals surface area contributed by atoms with Gasteiger partial charge in [-0.05, 0) is 18.3 Å². The van der Waals surface area contributed by atoms with E-state index in [4.69, 9.17) is 5.11 Å². The first-order valence-corrected chi connectivity index (χ1v) is 8.32. The van der Waals surface area contributed by atoms with E-state index in [9.17, 15) is 8.42 Å². The first kappa shape index (κ1) is 17.1. The van der Waals surface area contributed by atoms with E-state index in [0.29, 0.717) is 18.8 Å². The number of nitrogens with zero attached hydrogens (tertiary/aromatic N) is 1. The molecule has 0 radical (unpaired) electrons. The molecule has 3 N–H and O–H groups in total. The van der Waals surface area contributed by atoms with Gasteiger partial charge in [-0.15, -0.1) is 0 Å². The van der Waals surface area contributed by atoms with Gasteiger partial charge in [-0.2, -0.15) is 0 Å². The molecule has 0 aliphatic heterocycles. The number of aliphatic hydroxyl groups is 1. The Morgan fingerprint density at radius 2 is 2.10 bits per heavy atom. The van der Waals surface area contributed by atoms with Crippen LogP contribution in [-0.4, -0.2) is 36.6 Å². The highest BCUT2D eigenvalue weighted by Gasteiger charge is 2.19. The van der Waals surface area contributed by atoms with Crippen molar-refractivity contribution in [1.29, 1.82) is 0 Å². The summed E-state index contributed by atoms with van der Waals surface area (Å²) in [5.74, 6) is 0.816. The summed E-state index contributed by atoms with van der Waals surface area (Å²) in [4.78, 5) is 6.87. The molecule has 0 spiro atoms. The van der Waals surface area contributed by atoms with Crippen molar-refractivity contribution in [2.24, 2.45) is 5.41 Å². The van der Waals surface area contributed by atoms with Crippen LogP contribution in [0.3, 0.4) is 0 Å². The lowest BCUT2D eigenvalue weighted by atomic mass is 9.89. The maximum atomic E-state index is 12.0. The number of hydrogen-bond acceptors (Lipinski definition) is 4. The topological polar surface area (TPSA) is 95.1 Å². The van der Waals surface area contributed by atoms with E-state index in [1.807, 2.05) is 27.7 Å². The quantitative estimate of drug-likeness (QED) is 0.636. The number of nitrogens with one attached hydrogen (secondary N) is 2. The maximum Gasteiger partial charge on any atom is 0.257 e. The molecule has 1 heterocycles. The zero-order valence-corrected chi connectivity index (χ0v) is 13.4. The van der Waals surface area contributed by atoms with E-state index in [0.717, 1.165) is 6.42 Å². The predicted octanol–water partition coefficient (Wildman–Crippen LogP) is 1.61.